The van der Waals surface area contributed by atoms with Crippen LogP contribution >= 0.6 is 0 Å². The molecule has 1 aliphatic rings. The monoisotopic (exact) mass is 314 g/mol. The fourth-order valence-corrected chi connectivity index (χ4v) is 2.43. The quantitative estimate of drug-likeness (QED) is 0.909. The van der Waals surface area contributed by atoms with Crippen LogP contribution in [0.15, 0.2) is 42.7 Å². The van der Waals surface area contributed by atoms with Crippen molar-refractivity contribution in [2.75, 3.05) is 28.6 Å². The van der Waals surface area contributed by atoms with Crippen LogP contribution in [0.4, 0.5) is 21.5 Å². The van der Waals surface area contributed by atoms with E-state index < -0.39 is 5.82 Å². The predicted octanol–water partition coefficient (Wildman–Crippen LogP) is 2.01. The van der Waals surface area contributed by atoms with E-state index in [-0.39, 0.29) is 24.8 Å². The molecule has 2 aromatic rings. The van der Waals surface area contributed by atoms with E-state index in [9.17, 15) is 14.0 Å². The van der Waals surface area contributed by atoms with Crippen molar-refractivity contribution in [2.45, 2.75) is 6.42 Å². The summed E-state index contributed by atoms with van der Waals surface area (Å²) in [5.74, 6) is -0.859. The molecular weight excluding hydrogens is 299 g/mol. The number of nitrogens with zero attached hydrogens (tertiary/aromatic N) is 2. The van der Waals surface area contributed by atoms with Crippen LogP contribution in [0.5, 0.6) is 0 Å². The van der Waals surface area contributed by atoms with Gasteiger partial charge in [0.15, 0.2) is 0 Å². The first-order valence-electron chi connectivity index (χ1n) is 7.16. The average Bonchev–Trinajstić information content (AvgIpc) is 2.67. The van der Waals surface area contributed by atoms with Crippen molar-refractivity contribution in [2.24, 2.45) is 0 Å². The number of hydrogen-bond donors (Lipinski definition) is 2. The van der Waals surface area contributed by atoms with E-state index in [2.05, 4.69) is 15.6 Å². The standard InChI is InChI=1S/C16H15FN4O2/c17-11-1-2-14-13(9-11)20-15(22)5-8-21(14)10-16(23)19-12-3-6-18-7-4-12/h1-4,6-7,9H,5,8,10H2,(H,20,22)(H,18,19,23). The molecule has 2 heterocycles. The maximum Gasteiger partial charge on any atom is 0.243 e. The summed E-state index contributed by atoms with van der Waals surface area (Å²) in [4.78, 5) is 29.5. The minimum atomic E-state index is -0.438. The number of rotatable bonds is 3. The summed E-state index contributed by atoms with van der Waals surface area (Å²) in [5, 5.41) is 5.42. The summed E-state index contributed by atoms with van der Waals surface area (Å²) in [7, 11) is 0. The van der Waals surface area contributed by atoms with E-state index >= 15 is 0 Å². The molecule has 3 rings (SSSR count). The second kappa shape index (κ2) is 6.43. The second-order valence-corrected chi connectivity index (χ2v) is 5.17. The molecular formula is C16H15FN4O2. The first-order valence-corrected chi connectivity index (χ1v) is 7.16. The first kappa shape index (κ1) is 15.0. The van der Waals surface area contributed by atoms with E-state index in [1.807, 2.05) is 0 Å². The lowest BCUT2D eigenvalue weighted by molar-refractivity contribution is -0.117. The zero-order chi connectivity index (χ0) is 16.2. The molecule has 1 aliphatic heterocycles. The Morgan fingerprint density at radius 2 is 2.09 bits per heavy atom. The molecule has 0 aliphatic carbocycles. The molecule has 7 heteroatoms. The number of aromatic nitrogens is 1. The van der Waals surface area contributed by atoms with Crippen LogP contribution in [-0.2, 0) is 9.59 Å². The van der Waals surface area contributed by atoms with Crippen LogP contribution in [0.25, 0.3) is 0 Å². The maximum atomic E-state index is 13.4. The Hall–Kier alpha value is -2.96. The highest BCUT2D eigenvalue weighted by Gasteiger charge is 2.21. The van der Waals surface area contributed by atoms with Gasteiger partial charge in [0.1, 0.15) is 5.82 Å². The van der Waals surface area contributed by atoms with Gasteiger partial charge in [0.2, 0.25) is 11.8 Å². The van der Waals surface area contributed by atoms with Gasteiger partial charge in [-0.2, -0.15) is 0 Å². The zero-order valence-electron chi connectivity index (χ0n) is 12.3. The Bertz CT molecular complexity index is 736. The lowest BCUT2D eigenvalue weighted by atomic mass is 10.2. The molecule has 0 saturated carbocycles. The van der Waals surface area contributed by atoms with Gasteiger partial charge >= 0.3 is 0 Å². The lowest BCUT2D eigenvalue weighted by Gasteiger charge is -2.23. The van der Waals surface area contributed by atoms with Gasteiger partial charge in [0.25, 0.3) is 0 Å². The zero-order valence-corrected chi connectivity index (χ0v) is 12.3. The molecule has 2 N–H and O–H groups in total. The van der Waals surface area contributed by atoms with Gasteiger partial charge in [0.05, 0.1) is 17.9 Å². The summed E-state index contributed by atoms with van der Waals surface area (Å²) < 4.78 is 13.4. The lowest BCUT2D eigenvalue weighted by Crippen LogP contribution is -2.34. The number of carbonyl (C=O) groups is 2. The normalized spacial score (nSPS) is 13.8. The predicted molar refractivity (Wildman–Crippen MR) is 84.7 cm³/mol. The van der Waals surface area contributed by atoms with Crippen LogP contribution < -0.4 is 15.5 Å². The molecule has 0 unspecified atom stereocenters. The van der Waals surface area contributed by atoms with Crippen molar-refractivity contribution in [3.8, 4) is 0 Å². The molecule has 0 spiro atoms. The summed E-state index contributed by atoms with van der Waals surface area (Å²) in [5.41, 5.74) is 1.65. The Morgan fingerprint density at radius 1 is 1.30 bits per heavy atom. The summed E-state index contributed by atoms with van der Waals surface area (Å²) >= 11 is 0. The minimum absolute atomic E-state index is 0.0654. The molecule has 1 aromatic heterocycles. The first-order chi connectivity index (χ1) is 11.1. The van der Waals surface area contributed by atoms with Gasteiger partial charge in [-0.3, -0.25) is 14.6 Å². The third-order valence-electron chi connectivity index (χ3n) is 3.48. The van der Waals surface area contributed by atoms with Crippen LogP contribution in [0.3, 0.4) is 0 Å². The van der Waals surface area contributed by atoms with E-state index in [1.165, 1.54) is 12.1 Å². The van der Waals surface area contributed by atoms with E-state index in [0.717, 1.165) is 0 Å². The number of halogens is 1. The number of anilines is 3. The van der Waals surface area contributed by atoms with Gasteiger partial charge in [-0.1, -0.05) is 0 Å². The number of nitrogens with one attached hydrogen (secondary N) is 2. The molecule has 1 aromatic carbocycles. The van der Waals surface area contributed by atoms with Crippen molar-refractivity contribution in [3.05, 3.63) is 48.5 Å². The number of amides is 2. The molecule has 0 radical (unpaired) electrons. The Morgan fingerprint density at radius 3 is 2.87 bits per heavy atom. The van der Waals surface area contributed by atoms with Crippen molar-refractivity contribution in [1.29, 1.82) is 0 Å². The molecule has 0 fully saturated rings. The van der Waals surface area contributed by atoms with Crippen molar-refractivity contribution in [3.63, 3.8) is 0 Å². The molecule has 23 heavy (non-hydrogen) atoms. The Kier molecular flexibility index (Phi) is 4.18. The van der Waals surface area contributed by atoms with Gasteiger partial charge in [0, 0.05) is 31.0 Å². The number of benzene rings is 1. The largest absolute Gasteiger partial charge is 0.360 e. The molecule has 118 valence electrons. The highest BCUT2D eigenvalue weighted by molar-refractivity contribution is 5.99. The number of fused-ring (bicyclic) bond motifs is 1. The van der Waals surface area contributed by atoms with Crippen molar-refractivity contribution < 1.29 is 14.0 Å². The fraction of sp³-hybridized carbons (Fsp3) is 0.188. The number of pyridine rings is 1. The molecule has 0 saturated heterocycles. The second-order valence-electron chi connectivity index (χ2n) is 5.17. The van der Waals surface area contributed by atoms with E-state index in [0.29, 0.717) is 23.6 Å². The van der Waals surface area contributed by atoms with Crippen LogP contribution in [-0.4, -0.2) is 29.9 Å². The van der Waals surface area contributed by atoms with Crippen LogP contribution in [0, 0.1) is 5.82 Å². The van der Waals surface area contributed by atoms with Gasteiger partial charge in [-0.05, 0) is 30.3 Å². The fourth-order valence-electron chi connectivity index (χ4n) is 2.43. The van der Waals surface area contributed by atoms with Crippen molar-refractivity contribution in [1.82, 2.24) is 4.98 Å². The van der Waals surface area contributed by atoms with Crippen LogP contribution in [0.2, 0.25) is 0 Å². The molecule has 0 atom stereocenters. The van der Waals surface area contributed by atoms with E-state index in [1.54, 1.807) is 35.5 Å². The highest BCUT2D eigenvalue weighted by atomic mass is 19.1. The Balaban J connectivity index is 1.77. The van der Waals surface area contributed by atoms with E-state index in [4.69, 9.17) is 0 Å². The molecule has 0 bridgehead atoms. The smallest absolute Gasteiger partial charge is 0.243 e. The average molecular weight is 314 g/mol. The van der Waals surface area contributed by atoms with Crippen molar-refractivity contribution >= 4 is 28.9 Å². The SMILES string of the molecule is O=C(CN1CCC(=O)Nc2cc(F)ccc21)Nc1ccncc1. The van der Waals surface area contributed by atoms with Crippen LogP contribution in [0.1, 0.15) is 6.42 Å². The highest BCUT2D eigenvalue weighted by Crippen LogP contribution is 2.29. The van der Waals surface area contributed by atoms with Gasteiger partial charge in [-0.25, -0.2) is 4.39 Å². The maximum absolute atomic E-state index is 13.4. The Labute approximate surface area is 132 Å². The summed E-state index contributed by atoms with van der Waals surface area (Å²) in [6.45, 7) is 0.449. The number of hydrogen-bond acceptors (Lipinski definition) is 4. The number of carbonyl (C=O) groups excluding carboxylic acids is 2. The summed E-state index contributed by atoms with van der Waals surface area (Å²) in [6.07, 6.45) is 3.41. The van der Waals surface area contributed by atoms with Gasteiger partial charge < -0.3 is 15.5 Å². The minimum Gasteiger partial charge on any atom is -0.360 e. The third-order valence-corrected chi connectivity index (χ3v) is 3.48. The van der Waals surface area contributed by atoms with Gasteiger partial charge in [-0.15, -0.1) is 0 Å². The third kappa shape index (κ3) is 3.63. The molecule has 2 amide bonds. The summed E-state index contributed by atoms with van der Waals surface area (Å²) in [6, 6.07) is 7.51. The molecule has 6 nitrogen and oxygen atoms in total. The topological polar surface area (TPSA) is 74.3 Å².